The Bertz CT molecular complexity index is 1050. The third kappa shape index (κ3) is 6.42. The van der Waals surface area contributed by atoms with Gasteiger partial charge < -0.3 is 20.3 Å². The number of quaternary nitrogens is 1. The lowest BCUT2D eigenvalue weighted by Gasteiger charge is -2.15. The summed E-state index contributed by atoms with van der Waals surface area (Å²) in [5, 5.41) is 19.0. The molecule has 8 nitrogen and oxygen atoms in total. The molecule has 1 atom stereocenters. The molecule has 1 amide bonds. The fourth-order valence-electron chi connectivity index (χ4n) is 3.37. The lowest BCUT2D eigenvalue weighted by molar-refractivity contribution is -0.885. The third-order valence-corrected chi connectivity index (χ3v) is 4.93. The second kappa shape index (κ2) is 10.4. The van der Waals surface area contributed by atoms with E-state index in [4.69, 9.17) is 4.74 Å². The van der Waals surface area contributed by atoms with Gasteiger partial charge in [0.05, 0.1) is 19.1 Å². The molecule has 0 saturated heterocycles. The topological polar surface area (TPSA) is 97.9 Å². The lowest BCUT2D eigenvalue weighted by atomic mass is 10.1. The van der Waals surface area contributed by atoms with Crippen LogP contribution in [0.5, 0.6) is 5.75 Å². The summed E-state index contributed by atoms with van der Waals surface area (Å²) >= 11 is 0. The Morgan fingerprint density at radius 3 is 2.45 bits per heavy atom. The number of nitro benzene ring substituents is 1. The summed E-state index contributed by atoms with van der Waals surface area (Å²) in [4.78, 5) is 23.5. The predicted octanol–water partition coefficient (Wildman–Crippen LogP) is 2.00. The average molecular weight is 423 g/mol. The zero-order chi connectivity index (χ0) is 22.2. The highest BCUT2D eigenvalue weighted by Gasteiger charge is 2.11. The third-order valence-electron chi connectivity index (χ3n) is 4.93. The Kier molecular flexibility index (Phi) is 7.40. The molecule has 3 N–H and O–H groups in total. The molecule has 0 radical (unpaired) electrons. The first-order chi connectivity index (χ1) is 14.9. The molecule has 3 aromatic rings. The molecule has 0 fully saturated rings. The first-order valence-corrected chi connectivity index (χ1v) is 10.1. The van der Waals surface area contributed by atoms with Gasteiger partial charge in [0.15, 0.2) is 6.54 Å². The van der Waals surface area contributed by atoms with Crippen LogP contribution in [0.4, 0.5) is 11.4 Å². The summed E-state index contributed by atoms with van der Waals surface area (Å²) in [5.41, 5.74) is 2.00. The van der Waals surface area contributed by atoms with Crippen molar-refractivity contribution in [3.8, 4) is 5.75 Å². The zero-order valence-corrected chi connectivity index (χ0v) is 17.7. The number of fused-ring (bicyclic) bond motifs is 1. The highest BCUT2D eigenvalue weighted by atomic mass is 16.6. The average Bonchev–Trinajstić information content (AvgIpc) is 2.76. The van der Waals surface area contributed by atoms with Gasteiger partial charge in [-0.25, -0.2) is 0 Å². The Balaban J connectivity index is 1.41. The van der Waals surface area contributed by atoms with Crippen LogP contribution in [-0.2, 0) is 11.3 Å². The maximum absolute atomic E-state index is 12.2. The number of ether oxygens (including phenoxy) is 1. The normalized spacial score (nSPS) is 11.7. The van der Waals surface area contributed by atoms with Gasteiger partial charge in [-0.05, 0) is 41.1 Å². The van der Waals surface area contributed by atoms with Crippen LogP contribution in [0.3, 0.4) is 0 Å². The molecule has 3 aromatic carbocycles. The standard InChI is InChI=1S/C23H26N4O4/c1-26(15-17-3-4-19-14-22(31-2)10-5-18(19)13-17)16-23(28)25-12-11-24-20-6-8-21(9-7-20)27(29)30/h3-10,13-14,24H,11-12,15-16H2,1-2H3,(H,25,28)/p+1. The number of nitrogens with zero attached hydrogens (tertiary/aromatic N) is 1. The molecular formula is C23H27N4O4+. The molecule has 3 rings (SSSR count). The van der Waals surface area contributed by atoms with Crippen LogP contribution in [-0.4, -0.2) is 44.6 Å². The Morgan fingerprint density at radius 1 is 1.03 bits per heavy atom. The quantitative estimate of drug-likeness (QED) is 0.263. The van der Waals surface area contributed by atoms with E-state index in [9.17, 15) is 14.9 Å². The number of methoxy groups -OCH3 is 1. The molecular weight excluding hydrogens is 396 g/mol. The van der Waals surface area contributed by atoms with E-state index in [0.717, 1.165) is 33.7 Å². The van der Waals surface area contributed by atoms with Crippen molar-refractivity contribution < 1.29 is 19.4 Å². The molecule has 8 heteroatoms. The van der Waals surface area contributed by atoms with Crippen LogP contribution in [0.1, 0.15) is 5.56 Å². The number of hydrogen-bond acceptors (Lipinski definition) is 5. The molecule has 0 spiro atoms. The second-order valence-corrected chi connectivity index (χ2v) is 7.44. The van der Waals surface area contributed by atoms with Crippen LogP contribution in [0.25, 0.3) is 10.8 Å². The number of benzene rings is 3. The summed E-state index contributed by atoms with van der Waals surface area (Å²) in [5.74, 6) is 0.816. The molecule has 0 bridgehead atoms. The van der Waals surface area contributed by atoms with E-state index < -0.39 is 4.92 Å². The number of rotatable bonds is 10. The summed E-state index contributed by atoms with van der Waals surface area (Å²) < 4.78 is 5.26. The number of nitro groups is 1. The van der Waals surface area contributed by atoms with Gasteiger partial charge >= 0.3 is 0 Å². The lowest BCUT2D eigenvalue weighted by Crippen LogP contribution is -3.08. The van der Waals surface area contributed by atoms with E-state index in [1.54, 1.807) is 19.2 Å². The van der Waals surface area contributed by atoms with Crippen LogP contribution in [0.15, 0.2) is 60.7 Å². The first-order valence-electron chi connectivity index (χ1n) is 10.1. The minimum absolute atomic E-state index is 0.0199. The molecule has 0 aliphatic carbocycles. The van der Waals surface area contributed by atoms with Gasteiger partial charge in [-0.1, -0.05) is 18.2 Å². The molecule has 0 aromatic heterocycles. The summed E-state index contributed by atoms with van der Waals surface area (Å²) in [6, 6.07) is 18.5. The fourth-order valence-corrected chi connectivity index (χ4v) is 3.37. The first kappa shape index (κ1) is 22.0. The maximum atomic E-state index is 12.2. The van der Waals surface area contributed by atoms with Gasteiger partial charge in [-0.3, -0.25) is 14.9 Å². The molecule has 162 valence electrons. The monoisotopic (exact) mass is 423 g/mol. The predicted molar refractivity (Wildman–Crippen MR) is 121 cm³/mol. The van der Waals surface area contributed by atoms with Gasteiger partial charge in [0, 0.05) is 36.5 Å². The van der Waals surface area contributed by atoms with Crippen LogP contribution >= 0.6 is 0 Å². The van der Waals surface area contributed by atoms with Crippen molar-refractivity contribution in [1.29, 1.82) is 0 Å². The van der Waals surface area contributed by atoms with Gasteiger partial charge in [0.25, 0.3) is 11.6 Å². The van der Waals surface area contributed by atoms with Gasteiger partial charge in [-0.2, -0.15) is 0 Å². The number of non-ortho nitro benzene ring substituents is 1. The van der Waals surface area contributed by atoms with Gasteiger partial charge in [0.1, 0.15) is 12.3 Å². The zero-order valence-electron chi connectivity index (χ0n) is 17.7. The number of likely N-dealkylation sites (N-methyl/N-ethyl adjacent to an activating group) is 1. The Hall–Kier alpha value is -3.65. The van der Waals surface area contributed by atoms with E-state index in [1.807, 2.05) is 25.2 Å². The van der Waals surface area contributed by atoms with Gasteiger partial charge in [-0.15, -0.1) is 0 Å². The van der Waals surface area contributed by atoms with Crippen molar-refractivity contribution in [2.75, 3.05) is 39.1 Å². The summed E-state index contributed by atoms with van der Waals surface area (Å²) in [6.45, 7) is 2.13. The van der Waals surface area contributed by atoms with E-state index >= 15 is 0 Å². The highest BCUT2D eigenvalue weighted by Crippen LogP contribution is 2.21. The molecule has 31 heavy (non-hydrogen) atoms. The van der Waals surface area contributed by atoms with Crippen molar-refractivity contribution in [2.24, 2.45) is 0 Å². The largest absolute Gasteiger partial charge is 0.497 e. The Morgan fingerprint density at radius 2 is 1.74 bits per heavy atom. The van der Waals surface area contributed by atoms with Crippen LogP contribution in [0, 0.1) is 10.1 Å². The van der Waals surface area contributed by atoms with Gasteiger partial charge in [0.2, 0.25) is 0 Å². The van der Waals surface area contributed by atoms with E-state index in [2.05, 4.69) is 28.8 Å². The van der Waals surface area contributed by atoms with Crippen molar-refractivity contribution in [1.82, 2.24) is 5.32 Å². The second-order valence-electron chi connectivity index (χ2n) is 7.44. The number of nitrogens with one attached hydrogen (secondary N) is 3. The van der Waals surface area contributed by atoms with E-state index in [1.165, 1.54) is 17.7 Å². The fraction of sp³-hybridized carbons (Fsp3) is 0.261. The van der Waals surface area contributed by atoms with Crippen molar-refractivity contribution in [2.45, 2.75) is 6.54 Å². The molecule has 0 saturated carbocycles. The summed E-state index contributed by atoms with van der Waals surface area (Å²) in [7, 11) is 3.65. The number of anilines is 1. The smallest absolute Gasteiger partial charge is 0.275 e. The molecule has 0 heterocycles. The molecule has 0 aliphatic rings. The number of hydrogen-bond donors (Lipinski definition) is 3. The minimum Gasteiger partial charge on any atom is -0.497 e. The minimum atomic E-state index is -0.433. The highest BCUT2D eigenvalue weighted by molar-refractivity contribution is 5.84. The number of carbonyl (C=O) groups is 1. The van der Waals surface area contributed by atoms with Crippen molar-refractivity contribution >= 4 is 28.1 Å². The van der Waals surface area contributed by atoms with E-state index in [0.29, 0.717) is 19.6 Å². The van der Waals surface area contributed by atoms with Crippen LogP contribution in [0.2, 0.25) is 0 Å². The maximum Gasteiger partial charge on any atom is 0.275 e. The van der Waals surface area contributed by atoms with Crippen LogP contribution < -0.4 is 20.3 Å². The SMILES string of the molecule is COc1ccc2cc(C[NH+](C)CC(=O)NCCNc3ccc([N+](=O)[O-])cc3)ccc2c1. The summed E-state index contributed by atoms with van der Waals surface area (Å²) in [6.07, 6.45) is 0. The van der Waals surface area contributed by atoms with E-state index in [-0.39, 0.29) is 11.6 Å². The number of carbonyl (C=O) groups excluding carboxylic acids is 1. The molecule has 1 unspecified atom stereocenters. The molecule has 0 aliphatic heterocycles. The Labute approximate surface area is 181 Å². The van der Waals surface area contributed by atoms with Crippen molar-refractivity contribution in [3.63, 3.8) is 0 Å². The van der Waals surface area contributed by atoms with Crippen molar-refractivity contribution in [3.05, 3.63) is 76.3 Å². The number of amides is 1.